The zero-order valence-electron chi connectivity index (χ0n) is 9.89. The van der Waals surface area contributed by atoms with Crippen molar-refractivity contribution in [2.24, 2.45) is 0 Å². The molecule has 0 aromatic rings. The number of hydrogen-bond acceptors (Lipinski definition) is 4. The van der Waals surface area contributed by atoms with Crippen LogP contribution in [0.1, 0.15) is 20.3 Å². The van der Waals surface area contributed by atoms with Crippen LogP contribution in [0.2, 0.25) is 0 Å². The summed E-state index contributed by atoms with van der Waals surface area (Å²) in [6, 6.07) is 2.17. The molecule has 0 amide bonds. The second kappa shape index (κ2) is 5.62. The lowest BCUT2D eigenvalue weighted by Gasteiger charge is -2.35. The lowest BCUT2D eigenvalue weighted by atomic mass is 10.2. The fourth-order valence-electron chi connectivity index (χ4n) is 1.91. The maximum Gasteiger partial charge on any atom is 0.213 e. The molecule has 0 bridgehead atoms. The highest BCUT2D eigenvalue weighted by Gasteiger charge is 2.28. The van der Waals surface area contributed by atoms with Crippen LogP contribution >= 0.6 is 0 Å². The average molecular weight is 245 g/mol. The molecule has 0 N–H and O–H groups in total. The van der Waals surface area contributed by atoms with E-state index in [0.717, 1.165) is 6.42 Å². The van der Waals surface area contributed by atoms with Gasteiger partial charge in [-0.25, -0.2) is 8.42 Å². The SMILES string of the molecule is CCC(C#N)N1CCN(S(=O)(=O)CC)CC1. The molecule has 1 atom stereocenters. The molecule has 0 aromatic heterocycles. The van der Waals surface area contributed by atoms with E-state index < -0.39 is 10.0 Å². The first kappa shape index (κ1) is 13.4. The van der Waals surface area contributed by atoms with Crippen LogP contribution in [0.25, 0.3) is 0 Å². The van der Waals surface area contributed by atoms with Crippen molar-refractivity contribution < 1.29 is 8.42 Å². The van der Waals surface area contributed by atoms with Crippen molar-refractivity contribution in [1.82, 2.24) is 9.21 Å². The third-order valence-electron chi connectivity index (χ3n) is 3.01. The van der Waals surface area contributed by atoms with Crippen LogP contribution in [-0.4, -0.2) is 55.6 Å². The van der Waals surface area contributed by atoms with Crippen molar-refractivity contribution in [3.8, 4) is 6.07 Å². The molecule has 1 fully saturated rings. The third-order valence-corrected chi connectivity index (χ3v) is 4.89. The molecule has 1 aliphatic rings. The minimum absolute atomic E-state index is 0.0773. The van der Waals surface area contributed by atoms with Gasteiger partial charge >= 0.3 is 0 Å². The van der Waals surface area contributed by atoms with Crippen LogP contribution in [0, 0.1) is 11.3 Å². The fourth-order valence-corrected chi connectivity index (χ4v) is 2.99. The predicted molar refractivity (Wildman–Crippen MR) is 62.3 cm³/mol. The van der Waals surface area contributed by atoms with E-state index in [9.17, 15) is 8.42 Å². The number of nitrogens with zero attached hydrogens (tertiary/aromatic N) is 3. The first-order valence-corrected chi connectivity index (χ1v) is 7.27. The van der Waals surface area contributed by atoms with Crippen molar-refractivity contribution in [1.29, 1.82) is 5.26 Å². The van der Waals surface area contributed by atoms with Gasteiger partial charge in [0.15, 0.2) is 0 Å². The molecule has 0 aromatic carbocycles. The van der Waals surface area contributed by atoms with E-state index in [2.05, 4.69) is 11.0 Å². The van der Waals surface area contributed by atoms with Gasteiger partial charge in [0.25, 0.3) is 0 Å². The Morgan fingerprint density at radius 3 is 2.19 bits per heavy atom. The zero-order valence-corrected chi connectivity index (χ0v) is 10.7. The molecule has 0 saturated carbocycles. The standard InChI is InChI=1S/C10H19N3O2S/c1-3-10(9-11)12-5-7-13(8-6-12)16(14,15)4-2/h10H,3-8H2,1-2H3. The Hall–Kier alpha value is -0.640. The summed E-state index contributed by atoms with van der Waals surface area (Å²) < 4.78 is 24.7. The van der Waals surface area contributed by atoms with Crippen molar-refractivity contribution in [3.63, 3.8) is 0 Å². The van der Waals surface area contributed by atoms with Crippen LogP contribution < -0.4 is 0 Å². The second-order valence-electron chi connectivity index (χ2n) is 3.89. The van der Waals surface area contributed by atoms with Crippen molar-refractivity contribution in [3.05, 3.63) is 0 Å². The molecule has 1 unspecified atom stereocenters. The molecule has 1 rings (SSSR count). The van der Waals surface area contributed by atoms with Gasteiger partial charge in [-0.05, 0) is 13.3 Å². The third kappa shape index (κ3) is 2.94. The highest BCUT2D eigenvalue weighted by Crippen LogP contribution is 2.11. The van der Waals surface area contributed by atoms with Crippen LogP contribution in [0.4, 0.5) is 0 Å². The van der Waals surface area contributed by atoms with E-state index in [1.165, 1.54) is 4.31 Å². The molecule has 6 heteroatoms. The molecular weight excluding hydrogens is 226 g/mol. The Bertz CT molecular complexity index is 353. The van der Waals surface area contributed by atoms with E-state index in [1.807, 2.05) is 6.92 Å². The monoisotopic (exact) mass is 245 g/mol. The molecule has 1 heterocycles. The van der Waals surface area contributed by atoms with Gasteiger partial charge in [-0.15, -0.1) is 0 Å². The van der Waals surface area contributed by atoms with E-state index in [4.69, 9.17) is 5.26 Å². The van der Waals surface area contributed by atoms with Gasteiger partial charge in [0.1, 0.15) is 0 Å². The lowest BCUT2D eigenvalue weighted by Crippen LogP contribution is -2.51. The zero-order chi connectivity index (χ0) is 12.2. The fraction of sp³-hybridized carbons (Fsp3) is 0.900. The molecule has 1 aliphatic heterocycles. The number of piperazine rings is 1. The molecule has 5 nitrogen and oxygen atoms in total. The molecule has 0 spiro atoms. The number of hydrogen-bond donors (Lipinski definition) is 0. The average Bonchev–Trinajstić information content (AvgIpc) is 2.31. The van der Waals surface area contributed by atoms with Gasteiger partial charge in [0, 0.05) is 26.2 Å². The van der Waals surface area contributed by atoms with Gasteiger partial charge in [-0.2, -0.15) is 9.57 Å². The summed E-state index contributed by atoms with van der Waals surface area (Å²) in [7, 11) is -3.06. The Kier molecular flexibility index (Phi) is 4.71. The molecule has 0 radical (unpaired) electrons. The summed E-state index contributed by atoms with van der Waals surface area (Å²) in [6.07, 6.45) is 0.789. The minimum Gasteiger partial charge on any atom is -0.285 e. The summed E-state index contributed by atoms with van der Waals surface area (Å²) in [5.74, 6) is 0.155. The summed E-state index contributed by atoms with van der Waals surface area (Å²) in [6.45, 7) is 5.97. The smallest absolute Gasteiger partial charge is 0.213 e. The maximum absolute atomic E-state index is 11.6. The summed E-state index contributed by atoms with van der Waals surface area (Å²) in [5.41, 5.74) is 0. The Labute approximate surface area is 97.7 Å². The number of rotatable bonds is 4. The molecule has 1 saturated heterocycles. The van der Waals surface area contributed by atoms with Crippen LogP contribution in [-0.2, 0) is 10.0 Å². The van der Waals surface area contributed by atoms with Crippen LogP contribution in [0.3, 0.4) is 0 Å². The van der Waals surface area contributed by atoms with Crippen molar-refractivity contribution in [2.45, 2.75) is 26.3 Å². The normalized spacial score (nSPS) is 21.6. The highest BCUT2D eigenvalue weighted by atomic mass is 32.2. The largest absolute Gasteiger partial charge is 0.285 e. The van der Waals surface area contributed by atoms with Gasteiger partial charge in [0.05, 0.1) is 17.9 Å². The predicted octanol–water partition coefficient (Wildman–Crippen LogP) is 0.256. The number of sulfonamides is 1. The first-order chi connectivity index (χ1) is 7.55. The van der Waals surface area contributed by atoms with Gasteiger partial charge in [-0.3, -0.25) is 4.90 Å². The van der Waals surface area contributed by atoms with E-state index in [0.29, 0.717) is 26.2 Å². The molecular formula is C10H19N3O2S. The minimum atomic E-state index is -3.06. The Morgan fingerprint density at radius 1 is 1.25 bits per heavy atom. The molecule has 92 valence electrons. The van der Waals surface area contributed by atoms with E-state index >= 15 is 0 Å². The van der Waals surface area contributed by atoms with Crippen molar-refractivity contribution >= 4 is 10.0 Å². The maximum atomic E-state index is 11.6. The van der Waals surface area contributed by atoms with Crippen LogP contribution in [0.5, 0.6) is 0 Å². The van der Waals surface area contributed by atoms with Gasteiger partial charge in [-0.1, -0.05) is 6.92 Å². The highest BCUT2D eigenvalue weighted by molar-refractivity contribution is 7.89. The molecule has 0 aliphatic carbocycles. The summed E-state index contributed by atoms with van der Waals surface area (Å²) in [4.78, 5) is 2.06. The van der Waals surface area contributed by atoms with Crippen molar-refractivity contribution in [2.75, 3.05) is 31.9 Å². The Balaban J connectivity index is 2.55. The van der Waals surface area contributed by atoms with E-state index in [1.54, 1.807) is 6.92 Å². The quantitative estimate of drug-likeness (QED) is 0.712. The summed E-state index contributed by atoms with van der Waals surface area (Å²) >= 11 is 0. The number of nitriles is 1. The summed E-state index contributed by atoms with van der Waals surface area (Å²) in [5, 5.41) is 8.93. The molecule has 16 heavy (non-hydrogen) atoms. The topological polar surface area (TPSA) is 64.4 Å². The second-order valence-corrected chi connectivity index (χ2v) is 6.15. The lowest BCUT2D eigenvalue weighted by molar-refractivity contribution is 0.159. The first-order valence-electron chi connectivity index (χ1n) is 5.66. The van der Waals surface area contributed by atoms with Gasteiger partial charge in [0.2, 0.25) is 10.0 Å². The van der Waals surface area contributed by atoms with Gasteiger partial charge < -0.3 is 0 Å². The van der Waals surface area contributed by atoms with E-state index in [-0.39, 0.29) is 11.8 Å². The Morgan fingerprint density at radius 2 is 1.81 bits per heavy atom. The van der Waals surface area contributed by atoms with Crippen LogP contribution in [0.15, 0.2) is 0 Å².